The molecule has 0 aromatic heterocycles. The van der Waals surface area contributed by atoms with Crippen LogP contribution in [0.3, 0.4) is 0 Å². The monoisotopic (exact) mass is 352 g/mol. The van der Waals surface area contributed by atoms with Crippen molar-refractivity contribution in [1.82, 2.24) is 0 Å². The van der Waals surface area contributed by atoms with E-state index >= 15 is 0 Å². The summed E-state index contributed by atoms with van der Waals surface area (Å²) in [6.45, 7) is 7.11. The van der Waals surface area contributed by atoms with Gasteiger partial charge in [-0.2, -0.15) is 0 Å². The normalized spacial score (nSPS) is 14.7. The molecule has 0 radical (unpaired) electrons. The van der Waals surface area contributed by atoms with Crippen LogP contribution in [0.1, 0.15) is 31.7 Å². The van der Waals surface area contributed by atoms with Gasteiger partial charge < -0.3 is 24.1 Å². The van der Waals surface area contributed by atoms with E-state index in [1.54, 1.807) is 14.2 Å². The highest BCUT2D eigenvalue weighted by Crippen LogP contribution is 2.19. The first-order chi connectivity index (χ1) is 12.1. The highest BCUT2D eigenvalue weighted by molar-refractivity contribution is 5.26. The third-order valence-electron chi connectivity index (χ3n) is 4.10. The molecule has 3 atom stereocenters. The quantitative estimate of drug-likeness (QED) is 0.315. The van der Waals surface area contributed by atoms with Gasteiger partial charge in [-0.15, -0.1) is 6.58 Å². The summed E-state index contributed by atoms with van der Waals surface area (Å²) in [6, 6.07) is 7.76. The van der Waals surface area contributed by atoms with Crippen LogP contribution in [0.15, 0.2) is 36.9 Å². The minimum atomic E-state index is -0.468. The van der Waals surface area contributed by atoms with E-state index in [1.807, 2.05) is 30.3 Å². The second-order valence-electron chi connectivity index (χ2n) is 6.19. The third kappa shape index (κ3) is 9.02. The molecule has 0 aliphatic rings. The number of aliphatic hydroxyl groups excluding tert-OH is 1. The number of allylic oxidation sites excluding steroid dienone is 1. The first kappa shape index (κ1) is 21.6. The third-order valence-corrected chi connectivity index (χ3v) is 4.10. The molecule has 25 heavy (non-hydrogen) atoms. The van der Waals surface area contributed by atoms with Crippen LogP contribution in [0.2, 0.25) is 0 Å². The van der Waals surface area contributed by atoms with Crippen molar-refractivity contribution < 1.29 is 24.1 Å². The van der Waals surface area contributed by atoms with Crippen molar-refractivity contribution in [2.75, 3.05) is 27.6 Å². The van der Waals surface area contributed by atoms with Gasteiger partial charge in [0, 0.05) is 13.7 Å². The Morgan fingerprint density at radius 2 is 1.92 bits per heavy atom. The number of methoxy groups -OCH3 is 2. The Balaban J connectivity index is 2.30. The summed E-state index contributed by atoms with van der Waals surface area (Å²) >= 11 is 0. The Bertz CT molecular complexity index is 460. The van der Waals surface area contributed by atoms with Crippen LogP contribution in [-0.4, -0.2) is 44.9 Å². The molecule has 5 heteroatoms. The van der Waals surface area contributed by atoms with Crippen LogP contribution in [0, 0.1) is 5.92 Å². The summed E-state index contributed by atoms with van der Waals surface area (Å²) in [4.78, 5) is 0. The Morgan fingerprint density at radius 3 is 2.52 bits per heavy atom. The lowest BCUT2D eigenvalue weighted by Crippen LogP contribution is -2.28. The SMILES string of the molecule is C=CC[C@@H](C)[C@H](C[C@@H](O)CCOCc1ccc(OC)cc1)OCOC. The predicted octanol–water partition coefficient (Wildman–Crippen LogP) is 3.55. The van der Waals surface area contributed by atoms with Crippen molar-refractivity contribution in [1.29, 1.82) is 0 Å². The number of hydrogen-bond acceptors (Lipinski definition) is 5. The van der Waals surface area contributed by atoms with E-state index in [1.165, 1.54) is 0 Å². The Kier molecular flexibility index (Phi) is 11.2. The van der Waals surface area contributed by atoms with E-state index in [2.05, 4.69) is 13.5 Å². The van der Waals surface area contributed by atoms with Gasteiger partial charge in [-0.3, -0.25) is 0 Å². The average Bonchev–Trinajstić information content (AvgIpc) is 2.63. The fourth-order valence-corrected chi connectivity index (χ4v) is 2.55. The number of ether oxygens (including phenoxy) is 4. The molecule has 0 unspecified atom stereocenters. The molecular formula is C20H32O5. The molecule has 0 aliphatic carbocycles. The molecule has 0 saturated carbocycles. The van der Waals surface area contributed by atoms with Gasteiger partial charge in [0.05, 0.1) is 25.9 Å². The maximum Gasteiger partial charge on any atom is 0.146 e. The van der Waals surface area contributed by atoms with Crippen LogP contribution in [-0.2, 0) is 20.8 Å². The zero-order valence-electron chi connectivity index (χ0n) is 15.6. The molecule has 5 nitrogen and oxygen atoms in total. The molecule has 0 bridgehead atoms. The van der Waals surface area contributed by atoms with Crippen LogP contribution >= 0.6 is 0 Å². The highest BCUT2D eigenvalue weighted by Gasteiger charge is 2.21. The van der Waals surface area contributed by atoms with Gasteiger partial charge in [-0.05, 0) is 42.9 Å². The Hall–Kier alpha value is -1.40. The van der Waals surface area contributed by atoms with E-state index in [-0.39, 0.29) is 18.8 Å². The smallest absolute Gasteiger partial charge is 0.146 e. The molecule has 1 rings (SSSR count). The zero-order valence-corrected chi connectivity index (χ0v) is 15.6. The molecule has 1 aromatic rings. The Labute approximate surface area is 151 Å². The fraction of sp³-hybridized carbons (Fsp3) is 0.600. The number of aliphatic hydroxyl groups is 1. The second-order valence-corrected chi connectivity index (χ2v) is 6.19. The standard InChI is InChI=1S/C20H32O5/c1-5-6-16(2)20(25-15-22-3)13-18(21)11-12-24-14-17-7-9-19(23-4)10-8-17/h5,7-10,16,18,20-21H,1,6,11-15H2,2-4H3/t16-,18+,20+/m1/s1. The summed E-state index contributed by atoms with van der Waals surface area (Å²) in [7, 11) is 3.24. The summed E-state index contributed by atoms with van der Waals surface area (Å²) in [5, 5.41) is 10.3. The molecule has 0 spiro atoms. The topological polar surface area (TPSA) is 57.2 Å². The van der Waals surface area contributed by atoms with Crippen molar-refractivity contribution >= 4 is 0 Å². The van der Waals surface area contributed by atoms with Crippen LogP contribution in [0.4, 0.5) is 0 Å². The molecular weight excluding hydrogens is 320 g/mol. The average molecular weight is 352 g/mol. The lowest BCUT2D eigenvalue weighted by molar-refractivity contribution is -0.103. The van der Waals surface area contributed by atoms with Crippen molar-refractivity contribution in [2.24, 2.45) is 5.92 Å². The van der Waals surface area contributed by atoms with Gasteiger partial charge in [0.1, 0.15) is 12.5 Å². The first-order valence-electron chi connectivity index (χ1n) is 8.70. The summed E-state index contributed by atoms with van der Waals surface area (Å²) < 4.78 is 21.5. The Morgan fingerprint density at radius 1 is 1.20 bits per heavy atom. The maximum atomic E-state index is 10.3. The maximum absolute atomic E-state index is 10.3. The lowest BCUT2D eigenvalue weighted by atomic mass is 9.95. The molecule has 142 valence electrons. The highest BCUT2D eigenvalue weighted by atomic mass is 16.7. The van der Waals surface area contributed by atoms with Crippen LogP contribution < -0.4 is 4.74 Å². The molecule has 1 aromatic carbocycles. The minimum absolute atomic E-state index is 0.0606. The molecule has 1 N–H and O–H groups in total. The molecule has 0 fully saturated rings. The van der Waals surface area contributed by atoms with Crippen molar-refractivity contribution in [3.8, 4) is 5.75 Å². The van der Waals surface area contributed by atoms with Gasteiger partial charge in [0.25, 0.3) is 0 Å². The van der Waals surface area contributed by atoms with Crippen molar-refractivity contribution in [3.05, 3.63) is 42.5 Å². The first-order valence-corrected chi connectivity index (χ1v) is 8.70. The van der Waals surface area contributed by atoms with Crippen molar-refractivity contribution in [2.45, 2.75) is 45.0 Å². The second kappa shape index (κ2) is 12.9. The zero-order chi connectivity index (χ0) is 18.5. The van der Waals surface area contributed by atoms with Crippen molar-refractivity contribution in [3.63, 3.8) is 0 Å². The van der Waals surface area contributed by atoms with E-state index < -0.39 is 6.10 Å². The van der Waals surface area contributed by atoms with Gasteiger partial charge in [-0.1, -0.05) is 25.1 Å². The van der Waals surface area contributed by atoms with E-state index in [0.29, 0.717) is 26.1 Å². The minimum Gasteiger partial charge on any atom is -0.497 e. The largest absolute Gasteiger partial charge is 0.497 e. The molecule has 0 amide bonds. The molecule has 0 saturated heterocycles. The molecule has 0 aliphatic heterocycles. The van der Waals surface area contributed by atoms with E-state index in [4.69, 9.17) is 18.9 Å². The van der Waals surface area contributed by atoms with Crippen LogP contribution in [0.5, 0.6) is 5.75 Å². The molecule has 0 heterocycles. The van der Waals surface area contributed by atoms with E-state index in [9.17, 15) is 5.11 Å². The summed E-state index contributed by atoms with van der Waals surface area (Å²) in [6.07, 6.45) is 3.32. The van der Waals surface area contributed by atoms with Gasteiger partial charge in [0.2, 0.25) is 0 Å². The van der Waals surface area contributed by atoms with Crippen LogP contribution in [0.25, 0.3) is 0 Å². The predicted molar refractivity (Wildman–Crippen MR) is 98.6 cm³/mol. The van der Waals surface area contributed by atoms with Gasteiger partial charge in [-0.25, -0.2) is 0 Å². The van der Waals surface area contributed by atoms with E-state index in [0.717, 1.165) is 17.7 Å². The number of benzene rings is 1. The summed E-state index contributed by atoms with van der Waals surface area (Å²) in [5.74, 6) is 1.11. The number of hydrogen-bond donors (Lipinski definition) is 1. The summed E-state index contributed by atoms with van der Waals surface area (Å²) in [5.41, 5.74) is 1.08. The van der Waals surface area contributed by atoms with Gasteiger partial charge in [0.15, 0.2) is 0 Å². The fourth-order valence-electron chi connectivity index (χ4n) is 2.55. The number of rotatable bonds is 14. The van der Waals surface area contributed by atoms with Gasteiger partial charge >= 0.3 is 0 Å². The lowest BCUT2D eigenvalue weighted by Gasteiger charge is -2.25.